The van der Waals surface area contributed by atoms with E-state index in [1.807, 2.05) is 10.3 Å². The van der Waals surface area contributed by atoms with Crippen LogP contribution in [0.25, 0.3) is 0 Å². The third-order valence-electron chi connectivity index (χ3n) is 4.87. The molecule has 9 N–H and O–H groups in total. The molecular weight excluding hydrogens is 506 g/mol. The molecule has 0 aliphatic heterocycles. The molecule has 37 heavy (non-hydrogen) atoms. The molecule has 0 unspecified atom stereocenters. The zero-order valence-electron chi connectivity index (χ0n) is 20.6. The minimum atomic E-state index is -4.48. The smallest absolute Gasteiger partial charge is 0.408 e. The van der Waals surface area contributed by atoms with Gasteiger partial charge in [-0.1, -0.05) is 43.0 Å². The summed E-state index contributed by atoms with van der Waals surface area (Å²) in [5, 5.41) is 4.68. The number of nitrogens with two attached hydrogens (primary N) is 2. The summed E-state index contributed by atoms with van der Waals surface area (Å²) >= 11 is 0. The number of hydrogen-bond donors (Lipinski definition) is 7. The summed E-state index contributed by atoms with van der Waals surface area (Å²) in [4.78, 5) is 50.3. The molecule has 0 radical (unpaired) electrons. The fourth-order valence-electron chi connectivity index (χ4n) is 2.95. The molecule has 15 heteroatoms. The van der Waals surface area contributed by atoms with Crippen LogP contribution in [0.3, 0.4) is 0 Å². The zero-order valence-corrected chi connectivity index (χ0v) is 21.4. The molecule has 0 saturated carbocycles. The Kier molecular flexibility index (Phi) is 13.8. The van der Waals surface area contributed by atoms with E-state index in [2.05, 4.69) is 26.7 Å². The largest absolute Gasteiger partial charge is 0.445 e. The van der Waals surface area contributed by atoms with E-state index in [1.54, 1.807) is 30.3 Å². The van der Waals surface area contributed by atoms with Gasteiger partial charge in [0.25, 0.3) is 16.1 Å². The third-order valence-corrected chi connectivity index (χ3v) is 5.84. The first kappa shape index (κ1) is 31.5. The molecule has 0 bridgehead atoms. The molecule has 206 valence electrons. The normalized spacial score (nSPS) is 13.5. The van der Waals surface area contributed by atoms with Gasteiger partial charge in [0.05, 0.1) is 0 Å². The summed E-state index contributed by atoms with van der Waals surface area (Å²) in [6.45, 7) is 5.00. The lowest BCUT2D eigenvalue weighted by Gasteiger charge is -2.22. The Morgan fingerprint density at radius 3 is 2.32 bits per heavy atom. The number of alkyl carbamates (subject to hydrolysis) is 1. The van der Waals surface area contributed by atoms with Gasteiger partial charge in [0.1, 0.15) is 24.7 Å². The summed E-state index contributed by atoms with van der Waals surface area (Å²) in [5.74, 6) is -2.47. The molecule has 1 aromatic carbocycles. The Morgan fingerprint density at radius 2 is 1.73 bits per heavy atom. The lowest BCUT2D eigenvalue weighted by molar-refractivity contribution is -0.128. The van der Waals surface area contributed by atoms with E-state index in [0.717, 1.165) is 0 Å². The number of primary amides is 1. The van der Waals surface area contributed by atoms with E-state index < -0.39 is 52.1 Å². The molecule has 0 aromatic heterocycles. The Hall–Kier alpha value is -3.53. The Labute approximate surface area is 216 Å². The maximum absolute atomic E-state index is 13.0. The van der Waals surface area contributed by atoms with Crippen molar-refractivity contribution in [3.8, 4) is 0 Å². The van der Waals surface area contributed by atoms with Gasteiger partial charge in [-0.3, -0.25) is 19.8 Å². The van der Waals surface area contributed by atoms with Crippen molar-refractivity contribution >= 4 is 34.0 Å². The number of benzene rings is 1. The van der Waals surface area contributed by atoms with Crippen molar-refractivity contribution in [3.63, 3.8) is 0 Å². The highest BCUT2D eigenvalue weighted by atomic mass is 32.2. The van der Waals surface area contributed by atoms with Crippen LogP contribution in [0.5, 0.6) is 0 Å². The second-order valence-corrected chi connectivity index (χ2v) is 9.40. The third kappa shape index (κ3) is 12.8. The Balaban J connectivity index is 2.88. The van der Waals surface area contributed by atoms with E-state index >= 15 is 0 Å². The van der Waals surface area contributed by atoms with E-state index in [4.69, 9.17) is 11.5 Å². The molecule has 4 amide bonds. The molecule has 0 saturated heterocycles. The van der Waals surface area contributed by atoms with E-state index in [-0.39, 0.29) is 19.4 Å². The standard InChI is InChI=1S/C22H35N7O7S/c1-3-13-36-22(33)25-15(2)20(31)27-29-37(34,35)28-18(14-16-9-5-4-6-10-16)21(32)26-17(19(24)30)11-7-8-12-23/h3-6,9-10,15,17-18,28-29H,1,7-8,11-14,23H2,2H3,(H2,24,30)(H,25,33)(H,26,32)(H,27,31)/t15-,17-,18+/m0/s1. The van der Waals surface area contributed by atoms with Gasteiger partial charge in [0.15, 0.2) is 0 Å². The summed E-state index contributed by atoms with van der Waals surface area (Å²) in [6, 6.07) is 5.01. The number of hydrogen-bond acceptors (Lipinski definition) is 8. The zero-order chi connectivity index (χ0) is 27.8. The summed E-state index contributed by atoms with van der Waals surface area (Å²) in [6.07, 6.45) is 1.74. The van der Waals surface area contributed by atoms with Crippen LogP contribution in [0.1, 0.15) is 31.7 Å². The molecule has 14 nitrogen and oxygen atoms in total. The Morgan fingerprint density at radius 1 is 1.05 bits per heavy atom. The number of carbonyl (C=O) groups excluding carboxylic acids is 4. The van der Waals surface area contributed by atoms with Gasteiger partial charge >= 0.3 is 6.09 Å². The summed E-state index contributed by atoms with van der Waals surface area (Å²) in [5.41, 5.74) is 13.4. The van der Waals surface area contributed by atoms with Crippen LogP contribution >= 0.6 is 0 Å². The highest BCUT2D eigenvalue weighted by Crippen LogP contribution is 2.06. The predicted octanol–water partition coefficient (Wildman–Crippen LogP) is -1.55. The van der Waals surface area contributed by atoms with Gasteiger partial charge in [-0.25, -0.2) is 4.79 Å². The number of rotatable bonds is 17. The highest BCUT2D eigenvalue weighted by Gasteiger charge is 2.28. The van der Waals surface area contributed by atoms with Gasteiger partial charge in [-0.05, 0) is 44.7 Å². The van der Waals surface area contributed by atoms with Crippen LogP contribution in [-0.4, -0.2) is 63.5 Å². The maximum Gasteiger partial charge on any atom is 0.408 e. The average Bonchev–Trinajstić information content (AvgIpc) is 2.85. The summed E-state index contributed by atoms with van der Waals surface area (Å²) < 4.78 is 32.1. The number of ether oxygens (including phenoxy) is 1. The van der Waals surface area contributed by atoms with Crippen LogP contribution in [0.4, 0.5) is 4.79 Å². The molecule has 0 aliphatic rings. The van der Waals surface area contributed by atoms with Gasteiger partial charge < -0.3 is 26.8 Å². The van der Waals surface area contributed by atoms with Gasteiger partial charge in [-0.15, -0.1) is 4.83 Å². The monoisotopic (exact) mass is 541 g/mol. The SMILES string of the molecule is C=CCOC(=O)N[C@@H](C)C(=O)NNS(=O)(=O)N[C@H](Cc1ccccc1)C(=O)N[C@@H](CCCCN)C(N)=O. The minimum absolute atomic E-state index is 0.0666. The van der Waals surface area contributed by atoms with Crippen molar-refractivity contribution in [3.05, 3.63) is 48.6 Å². The summed E-state index contributed by atoms with van der Waals surface area (Å²) in [7, 11) is -4.48. The second kappa shape index (κ2) is 16.3. The van der Waals surface area contributed by atoms with Crippen molar-refractivity contribution in [2.75, 3.05) is 13.2 Å². The lowest BCUT2D eigenvalue weighted by Crippen LogP contribution is -2.58. The second-order valence-electron chi connectivity index (χ2n) is 7.96. The molecule has 1 rings (SSSR count). The van der Waals surface area contributed by atoms with Crippen molar-refractivity contribution in [2.45, 2.75) is 50.7 Å². The maximum atomic E-state index is 13.0. The quantitative estimate of drug-likeness (QED) is 0.0693. The molecule has 0 heterocycles. The number of carbonyl (C=O) groups is 4. The van der Waals surface area contributed by atoms with E-state index in [9.17, 15) is 27.6 Å². The first-order chi connectivity index (χ1) is 17.5. The first-order valence-corrected chi connectivity index (χ1v) is 12.9. The average molecular weight is 542 g/mol. The molecular formula is C22H35N7O7S. The van der Waals surface area contributed by atoms with Crippen LogP contribution in [0, 0.1) is 0 Å². The number of amides is 4. The van der Waals surface area contributed by atoms with E-state index in [1.165, 1.54) is 13.0 Å². The fourth-order valence-corrected chi connectivity index (χ4v) is 3.81. The topological polar surface area (TPSA) is 224 Å². The van der Waals surface area contributed by atoms with Crippen LogP contribution in [0.15, 0.2) is 43.0 Å². The number of unbranched alkanes of at least 4 members (excludes halogenated alkanes) is 1. The predicted molar refractivity (Wildman–Crippen MR) is 135 cm³/mol. The van der Waals surface area contributed by atoms with Gasteiger partial charge in [0, 0.05) is 0 Å². The first-order valence-electron chi connectivity index (χ1n) is 11.5. The minimum Gasteiger partial charge on any atom is -0.445 e. The van der Waals surface area contributed by atoms with Gasteiger partial charge in [0.2, 0.25) is 11.8 Å². The van der Waals surface area contributed by atoms with Crippen molar-refractivity contribution in [2.24, 2.45) is 11.5 Å². The van der Waals surface area contributed by atoms with Crippen molar-refractivity contribution in [1.29, 1.82) is 0 Å². The molecule has 0 spiro atoms. The molecule has 0 fully saturated rings. The molecule has 1 aromatic rings. The van der Waals surface area contributed by atoms with Crippen LogP contribution in [0.2, 0.25) is 0 Å². The highest BCUT2D eigenvalue weighted by molar-refractivity contribution is 7.87. The lowest BCUT2D eigenvalue weighted by atomic mass is 10.0. The number of nitrogens with one attached hydrogen (secondary N) is 5. The molecule has 0 aliphatic carbocycles. The van der Waals surface area contributed by atoms with Crippen LogP contribution in [-0.2, 0) is 35.8 Å². The van der Waals surface area contributed by atoms with E-state index in [0.29, 0.717) is 24.9 Å². The van der Waals surface area contributed by atoms with Crippen molar-refractivity contribution in [1.82, 2.24) is 25.6 Å². The van der Waals surface area contributed by atoms with Gasteiger partial charge in [-0.2, -0.15) is 13.1 Å². The number of hydrazine groups is 1. The van der Waals surface area contributed by atoms with Crippen molar-refractivity contribution < 1.29 is 32.3 Å². The fraction of sp³-hybridized carbons (Fsp3) is 0.455. The Bertz CT molecular complexity index is 1020. The van der Waals surface area contributed by atoms with Crippen LogP contribution < -0.4 is 37.1 Å². The molecule has 3 atom stereocenters.